The number of aryl methyl sites for hydroxylation is 1. The Morgan fingerprint density at radius 3 is 2.40 bits per heavy atom. The van der Waals surface area contributed by atoms with E-state index in [1.165, 1.54) is 0 Å². The highest BCUT2D eigenvalue weighted by Crippen LogP contribution is 2.22. The molecular formula is C13H20FN. The molecule has 0 amide bonds. The fourth-order valence-electron chi connectivity index (χ4n) is 1.86. The maximum Gasteiger partial charge on any atom is 0.123 e. The van der Waals surface area contributed by atoms with Gasteiger partial charge in [0.1, 0.15) is 5.82 Å². The van der Waals surface area contributed by atoms with Gasteiger partial charge in [-0.2, -0.15) is 0 Å². The van der Waals surface area contributed by atoms with E-state index in [2.05, 4.69) is 19.2 Å². The minimum absolute atomic E-state index is 0.144. The molecule has 1 atom stereocenters. The molecule has 0 aromatic heterocycles. The Morgan fingerprint density at radius 1 is 1.27 bits per heavy atom. The van der Waals surface area contributed by atoms with E-state index in [-0.39, 0.29) is 11.9 Å². The molecule has 1 rings (SSSR count). The molecule has 84 valence electrons. The molecule has 0 aliphatic heterocycles. The summed E-state index contributed by atoms with van der Waals surface area (Å²) >= 11 is 0. The maximum absolute atomic E-state index is 13.2. The zero-order chi connectivity index (χ0) is 11.4. The second-order valence-electron chi connectivity index (χ2n) is 4.53. The molecule has 2 heteroatoms. The number of benzene rings is 1. The first kappa shape index (κ1) is 12.2. The lowest BCUT2D eigenvalue weighted by Gasteiger charge is -2.19. The van der Waals surface area contributed by atoms with Crippen LogP contribution in [0.15, 0.2) is 18.2 Å². The molecule has 0 bridgehead atoms. The normalized spacial score (nSPS) is 13.2. The van der Waals surface area contributed by atoms with E-state index in [9.17, 15) is 4.39 Å². The third kappa shape index (κ3) is 3.63. The van der Waals surface area contributed by atoms with Crippen LogP contribution in [0.25, 0.3) is 0 Å². The molecule has 1 N–H and O–H groups in total. The van der Waals surface area contributed by atoms with E-state index in [1.54, 1.807) is 12.1 Å². The summed E-state index contributed by atoms with van der Waals surface area (Å²) in [5.41, 5.74) is 2.03. The van der Waals surface area contributed by atoms with Gasteiger partial charge >= 0.3 is 0 Å². The summed E-state index contributed by atoms with van der Waals surface area (Å²) in [6, 6.07) is 5.48. The average Bonchev–Trinajstić information content (AvgIpc) is 2.12. The van der Waals surface area contributed by atoms with Crippen LogP contribution >= 0.6 is 0 Å². The quantitative estimate of drug-likeness (QED) is 0.801. The van der Waals surface area contributed by atoms with Crippen molar-refractivity contribution in [3.05, 3.63) is 35.1 Å². The van der Waals surface area contributed by atoms with Gasteiger partial charge in [0.2, 0.25) is 0 Å². The van der Waals surface area contributed by atoms with Crippen LogP contribution < -0.4 is 5.32 Å². The molecule has 1 aromatic rings. The SMILES string of the molecule is CNC(CC(C)C)c1cc(C)cc(F)c1. The van der Waals surface area contributed by atoms with Crippen molar-refractivity contribution in [3.63, 3.8) is 0 Å². The van der Waals surface area contributed by atoms with Gasteiger partial charge in [0, 0.05) is 6.04 Å². The van der Waals surface area contributed by atoms with Crippen molar-refractivity contribution in [1.29, 1.82) is 0 Å². The molecule has 0 aliphatic carbocycles. The highest BCUT2D eigenvalue weighted by atomic mass is 19.1. The summed E-state index contributed by atoms with van der Waals surface area (Å²) in [6.07, 6.45) is 1.03. The minimum atomic E-state index is -0.144. The molecule has 1 aromatic carbocycles. The summed E-state index contributed by atoms with van der Waals surface area (Å²) in [6.45, 7) is 6.28. The average molecular weight is 209 g/mol. The number of nitrogens with one attached hydrogen (secondary N) is 1. The van der Waals surface area contributed by atoms with Gasteiger partial charge in [0.15, 0.2) is 0 Å². The van der Waals surface area contributed by atoms with Crippen LogP contribution in [0.4, 0.5) is 4.39 Å². The Morgan fingerprint density at radius 2 is 1.93 bits per heavy atom. The van der Waals surface area contributed by atoms with Gasteiger partial charge < -0.3 is 5.32 Å². The van der Waals surface area contributed by atoms with Crippen molar-refractivity contribution in [2.24, 2.45) is 5.92 Å². The molecule has 0 saturated heterocycles. The summed E-state index contributed by atoms with van der Waals surface area (Å²) < 4.78 is 13.2. The van der Waals surface area contributed by atoms with Gasteiger partial charge in [-0.3, -0.25) is 0 Å². The Bertz CT molecular complexity index is 300. The van der Waals surface area contributed by atoms with Crippen molar-refractivity contribution in [3.8, 4) is 0 Å². The van der Waals surface area contributed by atoms with Crippen LogP contribution in [0.3, 0.4) is 0 Å². The van der Waals surface area contributed by atoms with Crippen LogP contribution in [-0.4, -0.2) is 7.05 Å². The second kappa shape index (κ2) is 5.26. The lowest BCUT2D eigenvalue weighted by Crippen LogP contribution is -2.18. The number of hydrogen-bond acceptors (Lipinski definition) is 1. The van der Waals surface area contributed by atoms with Gasteiger partial charge in [-0.15, -0.1) is 0 Å². The summed E-state index contributed by atoms with van der Waals surface area (Å²) in [5.74, 6) is 0.458. The molecule has 0 spiro atoms. The Balaban J connectivity index is 2.91. The van der Waals surface area contributed by atoms with Crippen LogP contribution in [0.5, 0.6) is 0 Å². The molecule has 0 fully saturated rings. The number of hydrogen-bond donors (Lipinski definition) is 1. The summed E-state index contributed by atoms with van der Waals surface area (Å²) in [7, 11) is 1.92. The lowest BCUT2D eigenvalue weighted by molar-refractivity contribution is 0.454. The van der Waals surface area contributed by atoms with Gasteiger partial charge in [0.25, 0.3) is 0 Å². The van der Waals surface area contributed by atoms with Crippen molar-refractivity contribution >= 4 is 0 Å². The van der Waals surface area contributed by atoms with E-state index in [4.69, 9.17) is 0 Å². The number of rotatable bonds is 4. The predicted octanol–water partition coefficient (Wildman–Crippen LogP) is 3.44. The first-order chi connectivity index (χ1) is 7.02. The van der Waals surface area contributed by atoms with E-state index < -0.39 is 0 Å². The van der Waals surface area contributed by atoms with E-state index >= 15 is 0 Å². The molecule has 15 heavy (non-hydrogen) atoms. The third-order valence-electron chi connectivity index (χ3n) is 2.52. The fraction of sp³-hybridized carbons (Fsp3) is 0.538. The second-order valence-corrected chi connectivity index (χ2v) is 4.53. The van der Waals surface area contributed by atoms with Crippen LogP contribution in [0, 0.1) is 18.7 Å². The smallest absolute Gasteiger partial charge is 0.123 e. The van der Waals surface area contributed by atoms with Gasteiger partial charge in [-0.05, 0) is 49.6 Å². The van der Waals surface area contributed by atoms with E-state index in [0.717, 1.165) is 17.5 Å². The first-order valence-corrected chi connectivity index (χ1v) is 5.47. The molecule has 1 nitrogen and oxygen atoms in total. The molecule has 0 heterocycles. The fourth-order valence-corrected chi connectivity index (χ4v) is 1.86. The highest BCUT2D eigenvalue weighted by Gasteiger charge is 2.12. The van der Waals surface area contributed by atoms with Gasteiger partial charge in [-0.1, -0.05) is 19.9 Å². The summed E-state index contributed by atoms with van der Waals surface area (Å²) in [4.78, 5) is 0. The largest absolute Gasteiger partial charge is 0.313 e. The van der Waals surface area contributed by atoms with Crippen LogP contribution in [0.2, 0.25) is 0 Å². The molecule has 0 saturated carbocycles. The molecule has 0 radical (unpaired) electrons. The predicted molar refractivity (Wildman–Crippen MR) is 62.4 cm³/mol. The van der Waals surface area contributed by atoms with Crippen LogP contribution in [0.1, 0.15) is 37.4 Å². The molecule has 1 unspecified atom stereocenters. The zero-order valence-electron chi connectivity index (χ0n) is 9.97. The summed E-state index contributed by atoms with van der Waals surface area (Å²) in [5, 5.41) is 3.24. The Labute approximate surface area is 91.7 Å². The van der Waals surface area contributed by atoms with Gasteiger partial charge in [0.05, 0.1) is 0 Å². The Hall–Kier alpha value is -0.890. The zero-order valence-corrected chi connectivity index (χ0v) is 9.97. The minimum Gasteiger partial charge on any atom is -0.313 e. The van der Waals surface area contributed by atoms with Crippen LogP contribution in [-0.2, 0) is 0 Å². The van der Waals surface area contributed by atoms with E-state index in [1.807, 2.05) is 20.0 Å². The highest BCUT2D eigenvalue weighted by molar-refractivity contribution is 5.26. The maximum atomic E-state index is 13.2. The lowest BCUT2D eigenvalue weighted by atomic mass is 9.96. The van der Waals surface area contributed by atoms with Crippen molar-refractivity contribution in [2.45, 2.75) is 33.2 Å². The Kier molecular flexibility index (Phi) is 4.28. The monoisotopic (exact) mass is 209 g/mol. The first-order valence-electron chi connectivity index (χ1n) is 5.47. The van der Waals surface area contributed by atoms with E-state index in [0.29, 0.717) is 5.92 Å². The topological polar surface area (TPSA) is 12.0 Å². The standard InChI is InChI=1S/C13H20FN/c1-9(2)5-13(15-4)11-6-10(3)7-12(14)8-11/h6-9,13,15H,5H2,1-4H3. The van der Waals surface area contributed by atoms with Crippen molar-refractivity contribution in [1.82, 2.24) is 5.32 Å². The number of halogens is 1. The molecule has 0 aliphatic rings. The molecular weight excluding hydrogens is 189 g/mol. The third-order valence-corrected chi connectivity index (χ3v) is 2.52. The van der Waals surface area contributed by atoms with Gasteiger partial charge in [-0.25, -0.2) is 4.39 Å². The van der Waals surface area contributed by atoms with Crippen molar-refractivity contribution < 1.29 is 4.39 Å². The van der Waals surface area contributed by atoms with Crippen molar-refractivity contribution in [2.75, 3.05) is 7.05 Å².